The second-order valence-corrected chi connectivity index (χ2v) is 9.19. The molecular weight excluding hydrogens is 592 g/mol. The maximum atomic E-state index is 12.0. The number of hydrogen-bond acceptors (Lipinski definition) is 6. The Balaban J connectivity index is 1.71. The lowest BCUT2D eigenvalue weighted by Crippen LogP contribution is -2.19. The van der Waals surface area contributed by atoms with Gasteiger partial charge >= 0.3 is 0 Å². The van der Waals surface area contributed by atoms with Crippen molar-refractivity contribution < 1.29 is 19.1 Å². The summed E-state index contributed by atoms with van der Waals surface area (Å²) in [5, 5.41) is 8.00. The Morgan fingerprint density at radius 1 is 0.778 bits per heavy atom. The Labute approximate surface area is 227 Å². The largest absolute Gasteiger partial charge is 0.489 e. The van der Waals surface area contributed by atoms with Crippen LogP contribution in [0.1, 0.15) is 36.8 Å². The van der Waals surface area contributed by atoms with Crippen LogP contribution in [0.3, 0.4) is 0 Å². The van der Waals surface area contributed by atoms with Crippen LogP contribution in [0.5, 0.6) is 11.5 Å². The number of hydrazone groups is 2. The number of amides is 2. The van der Waals surface area contributed by atoms with E-state index >= 15 is 0 Å². The molecule has 0 aromatic heterocycles. The van der Waals surface area contributed by atoms with Crippen LogP contribution in [0.4, 0.5) is 0 Å². The molecule has 0 aliphatic carbocycles. The molecule has 36 heavy (non-hydrogen) atoms. The Morgan fingerprint density at radius 2 is 1.19 bits per heavy atom. The van der Waals surface area contributed by atoms with E-state index < -0.39 is 0 Å². The van der Waals surface area contributed by atoms with Crippen LogP contribution in [0, 0.1) is 0 Å². The van der Waals surface area contributed by atoms with Crippen LogP contribution < -0.4 is 20.3 Å². The van der Waals surface area contributed by atoms with Crippen LogP contribution in [0.15, 0.2) is 80.9 Å². The Hall–Kier alpha value is -3.24. The second kappa shape index (κ2) is 16.4. The molecule has 2 N–H and O–H groups in total. The van der Waals surface area contributed by atoms with Crippen LogP contribution in [-0.4, -0.2) is 37.5 Å². The standard InChI is InChI=1S/C26H28Br2N4O4/c1-3-13-35-23-11-9-21(27)15-19(23)17-29-31-25(33)7-5-6-8-26(34)32-30-18-20-16-22(28)10-12-24(20)36-14-4-2/h3-4,9-12,15-18H,1-2,5-8,13-14H2,(H,31,33)(H,32,34)/b29-17+,30-18+. The number of nitrogens with zero attached hydrogens (tertiary/aromatic N) is 2. The molecular formula is C26H28Br2N4O4. The molecule has 0 fully saturated rings. The van der Waals surface area contributed by atoms with Gasteiger partial charge in [0.1, 0.15) is 24.7 Å². The van der Waals surface area contributed by atoms with E-state index in [2.05, 4.69) is 66.1 Å². The molecule has 190 valence electrons. The van der Waals surface area contributed by atoms with Crippen molar-refractivity contribution in [2.24, 2.45) is 10.2 Å². The summed E-state index contributed by atoms with van der Waals surface area (Å²) in [7, 11) is 0. The monoisotopic (exact) mass is 618 g/mol. The quantitative estimate of drug-likeness (QED) is 0.119. The van der Waals surface area contributed by atoms with Crippen molar-refractivity contribution in [2.75, 3.05) is 13.2 Å². The number of unbranched alkanes of at least 4 members (excludes halogenated alkanes) is 1. The van der Waals surface area contributed by atoms with Gasteiger partial charge in [0.15, 0.2) is 0 Å². The molecule has 2 rings (SSSR count). The van der Waals surface area contributed by atoms with Crippen molar-refractivity contribution in [3.05, 3.63) is 81.8 Å². The molecule has 0 unspecified atom stereocenters. The van der Waals surface area contributed by atoms with E-state index in [4.69, 9.17) is 9.47 Å². The lowest BCUT2D eigenvalue weighted by molar-refractivity contribution is -0.123. The lowest BCUT2D eigenvalue weighted by atomic mass is 10.2. The van der Waals surface area contributed by atoms with Gasteiger partial charge in [-0.2, -0.15) is 10.2 Å². The Bertz CT molecular complexity index is 1030. The fraction of sp³-hybridized carbons (Fsp3) is 0.231. The summed E-state index contributed by atoms with van der Waals surface area (Å²) in [6.45, 7) is 7.99. The summed E-state index contributed by atoms with van der Waals surface area (Å²) in [5.41, 5.74) is 6.41. The van der Waals surface area contributed by atoms with Gasteiger partial charge in [-0.25, -0.2) is 10.9 Å². The van der Waals surface area contributed by atoms with Crippen LogP contribution >= 0.6 is 31.9 Å². The fourth-order valence-electron chi connectivity index (χ4n) is 2.83. The van der Waals surface area contributed by atoms with E-state index in [-0.39, 0.29) is 24.7 Å². The molecule has 2 aromatic carbocycles. The van der Waals surface area contributed by atoms with Crippen molar-refractivity contribution in [3.8, 4) is 11.5 Å². The van der Waals surface area contributed by atoms with E-state index in [0.717, 1.165) is 8.95 Å². The SMILES string of the molecule is C=CCOc1ccc(Br)cc1/C=N/NC(=O)CCCCC(=O)N/N=C/c1cc(Br)ccc1OCC=C. The van der Waals surface area contributed by atoms with E-state index in [1.807, 2.05) is 24.3 Å². The first kappa shape index (κ1) is 29.0. The van der Waals surface area contributed by atoms with Crippen molar-refractivity contribution in [3.63, 3.8) is 0 Å². The molecule has 0 aliphatic rings. The average Bonchev–Trinajstić information content (AvgIpc) is 2.85. The van der Waals surface area contributed by atoms with Gasteiger partial charge in [-0.1, -0.05) is 57.2 Å². The summed E-state index contributed by atoms with van der Waals surface area (Å²) in [6.07, 6.45) is 7.90. The summed E-state index contributed by atoms with van der Waals surface area (Å²) in [4.78, 5) is 24.1. The molecule has 0 bridgehead atoms. The maximum Gasteiger partial charge on any atom is 0.240 e. The molecule has 2 aromatic rings. The highest BCUT2D eigenvalue weighted by Crippen LogP contribution is 2.22. The van der Waals surface area contributed by atoms with E-state index in [9.17, 15) is 9.59 Å². The molecule has 2 amide bonds. The molecule has 8 nitrogen and oxygen atoms in total. The summed E-state index contributed by atoms with van der Waals surface area (Å²) in [5.74, 6) is 0.778. The molecule has 0 radical (unpaired) electrons. The molecule has 0 spiro atoms. The predicted octanol–water partition coefficient (Wildman–Crippen LogP) is 5.50. The summed E-state index contributed by atoms with van der Waals surface area (Å²) < 4.78 is 12.9. The minimum absolute atomic E-state index is 0.241. The minimum atomic E-state index is -0.241. The number of carbonyl (C=O) groups excluding carboxylic acids is 2. The molecule has 0 aliphatic heterocycles. The van der Waals surface area contributed by atoms with Gasteiger partial charge in [0.2, 0.25) is 11.8 Å². The predicted molar refractivity (Wildman–Crippen MR) is 150 cm³/mol. The Kier molecular flexibility index (Phi) is 13.2. The van der Waals surface area contributed by atoms with Crippen molar-refractivity contribution in [1.82, 2.24) is 10.9 Å². The third-order valence-corrected chi connectivity index (χ3v) is 5.49. The zero-order chi connectivity index (χ0) is 26.2. The second-order valence-electron chi connectivity index (χ2n) is 7.36. The normalized spacial score (nSPS) is 10.8. The molecule has 0 atom stereocenters. The van der Waals surface area contributed by atoms with Crippen LogP contribution in [0.25, 0.3) is 0 Å². The highest BCUT2D eigenvalue weighted by Gasteiger charge is 2.06. The molecule has 0 heterocycles. The number of ether oxygens (including phenoxy) is 2. The zero-order valence-electron chi connectivity index (χ0n) is 19.7. The lowest BCUT2D eigenvalue weighted by Gasteiger charge is -2.07. The molecule has 0 saturated carbocycles. The van der Waals surface area contributed by atoms with Crippen LogP contribution in [0.2, 0.25) is 0 Å². The van der Waals surface area contributed by atoms with Gasteiger partial charge in [0, 0.05) is 32.9 Å². The number of nitrogens with one attached hydrogen (secondary N) is 2. The first-order chi connectivity index (χ1) is 17.4. The topological polar surface area (TPSA) is 101 Å². The van der Waals surface area contributed by atoms with Gasteiger partial charge in [0.05, 0.1) is 12.4 Å². The number of carbonyl (C=O) groups is 2. The summed E-state index contributed by atoms with van der Waals surface area (Å²) >= 11 is 6.81. The molecule has 0 saturated heterocycles. The maximum absolute atomic E-state index is 12.0. The molecule has 10 heteroatoms. The van der Waals surface area contributed by atoms with Crippen LogP contribution in [-0.2, 0) is 9.59 Å². The number of rotatable bonds is 15. The third kappa shape index (κ3) is 11.0. The van der Waals surface area contributed by atoms with Gasteiger partial charge in [-0.3, -0.25) is 9.59 Å². The zero-order valence-corrected chi connectivity index (χ0v) is 22.9. The first-order valence-corrected chi connectivity index (χ1v) is 12.7. The van der Waals surface area contributed by atoms with E-state index in [1.165, 1.54) is 12.4 Å². The van der Waals surface area contributed by atoms with Gasteiger partial charge < -0.3 is 9.47 Å². The van der Waals surface area contributed by atoms with E-state index in [0.29, 0.717) is 48.7 Å². The van der Waals surface area contributed by atoms with Crippen molar-refractivity contribution in [2.45, 2.75) is 25.7 Å². The van der Waals surface area contributed by atoms with Crippen molar-refractivity contribution >= 4 is 56.1 Å². The fourth-order valence-corrected chi connectivity index (χ4v) is 3.59. The summed E-state index contributed by atoms with van der Waals surface area (Å²) in [6, 6.07) is 11.0. The number of hydrogen-bond donors (Lipinski definition) is 2. The first-order valence-electron chi connectivity index (χ1n) is 11.1. The third-order valence-electron chi connectivity index (χ3n) is 4.50. The van der Waals surface area contributed by atoms with E-state index in [1.54, 1.807) is 24.3 Å². The Morgan fingerprint density at radius 3 is 1.58 bits per heavy atom. The van der Waals surface area contributed by atoms with Crippen molar-refractivity contribution in [1.29, 1.82) is 0 Å². The van der Waals surface area contributed by atoms with Gasteiger partial charge in [-0.15, -0.1) is 0 Å². The van der Waals surface area contributed by atoms with Gasteiger partial charge in [0.25, 0.3) is 0 Å². The number of benzene rings is 2. The smallest absolute Gasteiger partial charge is 0.240 e. The minimum Gasteiger partial charge on any atom is -0.489 e. The average molecular weight is 620 g/mol. The highest BCUT2D eigenvalue weighted by molar-refractivity contribution is 9.10. The van der Waals surface area contributed by atoms with Gasteiger partial charge in [-0.05, 0) is 49.2 Å². The number of halogens is 2. The highest BCUT2D eigenvalue weighted by atomic mass is 79.9.